The van der Waals surface area contributed by atoms with Crippen molar-refractivity contribution < 1.29 is 33.7 Å². The van der Waals surface area contributed by atoms with E-state index in [1.54, 1.807) is 0 Å². The molecule has 0 amide bonds. The molecule has 200 valence electrons. The van der Waals surface area contributed by atoms with Gasteiger partial charge in [0.2, 0.25) is 0 Å². The van der Waals surface area contributed by atoms with Crippen LogP contribution in [-0.4, -0.2) is 41.5 Å². The molecule has 9 atom stereocenters. The van der Waals surface area contributed by atoms with E-state index in [0.717, 1.165) is 19.3 Å². The molecule has 0 aromatic carbocycles. The zero-order chi connectivity index (χ0) is 26.4. The van der Waals surface area contributed by atoms with Crippen LogP contribution in [0.15, 0.2) is 11.1 Å². The molecule has 5 rings (SSSR count). The lowest BCUT2D eigenvalue weighted by molar-refractivity contribution is -0.223. The Labute approximate surface area is 214 Å². The lowest BCUT2D eigenvalue weighted by atomic mass is 9.35. The van der Waals surface area contributed by atoms with Crippen LogP contribution in [0.1, 0.15) is 93.4 Å². The number of hydrogen-bond donors (Lipinski definition) is 1. The van der Waals surface area contributed by atoms with Crippen LogP contribution in [0.4, 0.5) is 0 Å². The SMILES string of the molecule is CC(=O)O[C@H]1OC(=O)C2=C1[C@H](OC(C)=O)C[C@H]1[C@]3(C)CC[C@H]4C(C)(C)CCC[C@]4(C)[C@H]3C[C@@H](O)[C@]21C. The fourth-order valence-electron chi connectivity index (χ4n) is 10.1. The van der Waals surface area contributed by atoms with E-state index in [0.29, 0.717) is 35.8 Å². The van der Waals surface area contributed by atoms with Crippen LogP contribution in [0.25, 0.3) is 0 Å². The number of esters is 3. The summed E-state index contributed by atoms with van der Waals surface area (Å²) >= 11 is 0. The molecule has 0 spiro atoms. The number of fused-ring (bicyclic) bond motifs is 6. The molecule has 3 saturated carbocycles. The number of carbonyl (C=O) groups is 3. The van der Waals surface area contributed by atoms with Gasteiger partial charge >= 0.3 is 17.9 Å². The van der Waals surface area contributed by atoms with Crippen molar-refractivity contribution in [3.05, 3.63) is 11.1 Å². The molecule has 36 heavy (non-hydrogen) atoms. The third-order valence-electron chi connectivity index (χ3n) is 11.4. The normalized spacial score (nSPS) is 47.1. The minimum Gasteiger partial charge on any atom is -0.458 e. The summed E-state index contributed by atoms with van der Waals surface area (Å²) in [6, 6.07) is 0. The fourth-order valence-corrected chi connectivity index (χ4v) is 10.1. The summed E-state index contributed by atoms with van der Waals surface area (Å²) in [5.74, 6) is -0.843. The number of aliphatic hydroxyl groups excluding tert-OH is 1. The molecule has 0 bridgehead atoms. The first-order chi connectivity index (χ1) is 16.7. The molecule has 1 N–H and O–H groups in total. The molecule has 5 aliphatic rings. The standard InChI is InChI=1S/C29H42O7/c1-15(30)34-17-13-20-28(6)12-9-18-26(3,4)10-8-11-27(18,5)19(28)14-21(32)29(20,7)23-22(17)25(35-16(2)31)36-24(23)33/h17-21,25,32H,8-14H2,1-7H3/t17-,18+,19-,20+,21-,25+,27+,28-,29-/m1/s1. The fraction of sp³-hybridized carbons (Fsp3) is 0.828. The number of ether oxygens (including phenoxy) is 3. The third-order valence-corrected chi connectivity index (χ3v) is 11.4. The first kappa shape index (κ1) is 25.7. The summed E-state index contributed by atoms with van der Waals surface area (Å²) in [4.78, 5) is 37.3. The second kappa shape index (κ2) is 8.05. The predicted molar refractivity (Wildman–Crippen MR) is 131 cm³/mol. The molecule has 0 radical (unpaired) electrons. The molecule has 1 aliphatic heterocycles. The Balaban J connectivity index is 1.64. The van der Waals surface area contributed by atoms with Gasteiger partial charge < -0.3 is 19.3 Å². The number of carbonyl (C=O) groups excluding carboxylic acids is 3. The van der Waals surface area contributed by atoms with Gasteiger partial charge in [-0.1, -0.05) is 41.0 Å². The van der Waals surface area contributed by atoms with Gasteiger partial charge in [0.25, 0.3) is 6.29 Å². The number of hydrogen-bond acceptors (Lipinski definition) is 7. The third kappa shape index (κ3) is 3.36. The topological polar surface area (TPSA) is 99.1 Å². The van der Waals surface area contributed by atoms with Crippen molar-refractivity contribution in [3.8, 4) is 0 Å². The highest BCUT2D eigenvalue weighted by Gasteiger charge is 2.70. The summed E-state index contributed by atoms with van der Waals surface area (Å²) in [5.41, 5.74) is 0.0670. The van der Waals surface area contributed by atoms with Gasteiger partial charge in [0.1, 0.15) is 6.10 Å². The molecule has 1 heterocycles. The molecular formula is C29H42O7. The first-order valence-corrected chi connectivity index (χ1v) is 13.6. The quantitative estimate of drug-likeness (QED) is 0.547. The zero-order valence-electron chi connectivity index (χ0n) is 22.8. The lowest BCUT2D eigenvalue weighted by Crippen LogP contribution is -2.66. The van der Waals surface area contributed by atoms with Gasteiger partial charge in [0, 0.05) is 19.3 Å². The highest BCUT2D eigenvalue weighted by atomic mass is 16.7. The summed E-state index contributed by atoms with van der Waals surface area (Å²) in [7, 11) is 0. The average molecular weight is 503 g/mol. The smallest absolute Gasteiger partial charge is 0.338 e. The molecule has 0 unspecified atom stereocenters. The van der Waals surface area contributed by atoms with Crippen molar-refractivity contribution in [1.29, 1.82) is 0 Å². The Morgan fingerprint density at radius 2 is 1.53 bits per heavy atom. The highest BCUT2D eigenvalue weighted by molar-refractivity contribution is 5.95. The molecular weight excluding hydrogens is 460 g/mol. The predicted octanol–water partition coefficient (Wildman–Crippen LogP) is 4.70. The Hall–Kier alpha value is -1.89. The monoisotopic (exact) mass is 502 g/mol. The molecule has 0 aromatic rings. The van der Waals surface area contributed by atoms with E-state index < -0.39 is 41.8 Å². The van der Waals surface area contributed by atoms with Crippen LogP contribution in [0.5, 0.6) is 0 Å². The van der Waals surface area contributed by atoms with Crippen molar-refractivity contribution >= 4 is 17.9 Å². The van der Waals surface area contributed by atoms with Crippen molar-refractivity contribution in [1.82, 2.24) is 0 Å². The first-order valence-electron chi connectivity index (χ1n) is 13.6. The van der Waals surface area contributed by atoms with E-state index in [4.69, 9.17) is 14.2 Å². The van der Waals surface area contributed by atoms with E-state index in [1.807, 2.05) is 6.92 Å². The molecule has 4 aliphatic carbocycles. The van der Waals surface area contributed by atoms with Gasteiger partial charge in [-0.15, -0.1) is 0 Å². The maximum Gasteiger partial charge on any atom is 0.338 e. The number of rotatable bonds is 2. The van der Waals surface area contributed by atoms with Crippen LogP contribution in [0, 0.1) is 39.4 Å². The van der Waals surface area contributed by atoms with Crippen LogP contribution in [-0.2, 0) is 28.6 Å². The Morgan fingerprint density at radius 1 is 0.889 bits per heavy atom. The zero-order valence-corrected chi connectivity index (χ0v) is 22.8. The second-order valence-electron chi connectivity index (χ2n) is 13.6. The molecule has 7 heteroatoms. The maximum absolute atomic E-state index is 13.4. The van der Waals surface area contributed by atoms with Crippen LogP contribution in [0.2, 0.25) is 0 Å². The number of cyclic esters (lactones) is 1. The van der Waals surface area contributed by atoms with Gasteiger partial charge in [0.15, 0.2) is 0 Å². The van der Waals surface area contributed by atoms with Gasteiger partial charge in [-0.3, -0.25) is 9.59 Å². The molecule has 0 aromatic heterocycles. The van der Waals surface area contributed by atoms with Gasteiger partial charge in [-0.2, -0.15) is 0 Å². The average Bonchev–Trinajstić information content (AvgIpc) is 3.07. The minimum absolute atomic E-state index is 0.0895. The van der Waals surface area contributed by atoms with Gasteiger partial charge in [0.05, 0.1) is 17.3 Å². The van der Waals surface area contributed by atoms with Gasteiger partial charge in [-0.25, -0.2) is 4.79 Å². The summed E-state index contributed by atoms with van der Waals surface area (Å²) in [6.07, 6.45) is 4.06. The van der Waals surface area contributed by atoms with E-state index >= 15 is 0 Å². The van der Waals surface area contributed by atoms with Crippen LogP contribution < -0.4 is 0 Å². The molecule has 7 nitrogen and oxygen atoms in total. The van der Waals surface area contributed by atoms with E-state index in [9.17, 15) is 19.5 Å². The van der Waals surface area contributed by atoms with Crippen molar-refractivity contribution in [2.75, 3.05) is 0 Å². The molecule has 3 fully saturated rings. The Morgan fingerprint density at radius 3 is 2.17 bits per heavy atom. The highest BCUT2D eigenvalue weighted by Crippen LogP contribution is 2.73. The van der Waals surface area contributed by atoms with Crippen molar-refractivity contribution in [3.63, 3.8) is 0 Å². The van der Waals surface area contributed by atoms with Gasteiger partial charge in [-0.05, 0) is 72.5 Å². The lowest BCUT2D eigenvalue weighted by Gasteiger charge is -2.70. The number of aliphatic hydroxyl groups is 1. The van der Waals surface area contributed by atoms with Crippen molar-refractivity contribution in [2.24, 2.45) is 39.4 Å². The second-order valence-corrected chi connectivity index (χ2v) is 13.6. The van der Waals surface area contributed by atoms with Crippen LogP contribution in [0.3, 0.4) is 0 Å². The summed E-state index contributed by atoms with van der Waals surface area (Å²) < 4.78 is 16.7. The van der Waals surface area contributed by atoms with Crippen LogP contribution >= 0.6 is 0 Å². The Bertz CT molecular complexity index is 1030. The van der Waals surface area contributed by atoms with E-state index in [2.05, 4.69) is 27.7 Å². The van der Waals surface area contributed by atoms with E-state index in [1.165, 1.54) is 26.7 Å². The largest absolute Gasteiger partial charge is 0.458 e. The Kier molecular flexibility index (Phi) is 5.76. The van der Waals surface area contributed by atoms with Crippen molar-refractivity contribution in [2.45, 2.75) is 112 Å². The molecule has 0 saturated heterocycles. The minimum atomic E-state index is -1.22. The van der Waals surface area contributed by atoms with E-state index in [-0.39, 0.29) is 22.2 Å². The summed E-state index contributed by atoms with van der Waals surface area (Å²) in [5, 5.41) is 11.9. The summed E-state index contributed by atoms with van der Waals surface area (Å²) in [6.45, 7) is 14.2. The maximum atomic E-state index is 13.4.